The fourth-order valence-electron chi connectivity index (χ4n) is 3.83. The molecule has 0 saturated heterocycles. The zero-order chi connectivity index (χ0) is 30.5. The maximum Gasteiger partial charge on any atom is 0.416 e. The van der Waals surface area contributed by atoms with Gasteiger partial charge in [-0.3, -0.25) is 0 Å². The first-order valence-corrected chi connectivity index (χ1v) is 13.2. The molecule has 226 valence electrons. The summed E-state index contributed by atoms with van der Waals surface area (Å²) in [4.78, 5) is 25.7. The van der Waals surface area contributed by atoms with Crippen molar-refractivity contribution in [2.75, 3.05) is 38.2 Å². The number of carbonyl (C=O) groups excluding carboxylic acids is 1. The molecule has 8 nitrogen and oxygen atoms in total. The number of rotatable bonds is 15. The van der Waals surface area contributed by atoms with Gasteiger partial charge < -0.3 is 29.5 Å². The topological polar surface area (TPSA) is 97.3 Å². The highest BCUT2D eigenvalue weighted by Crippen LogP contribution is 2.29. The normalized spacial score (nSPS) is 12.0. The first kappa shape index (κ1) is 32.4. The van der Waals surface area contributed by atoms with Gasteiger partial charge in [0, 0.05) is 25.3 Å². The van der Waals surface area contributed by atoms with Gasteiger partial charge in [-0.25, -0.2) is 14.0 Å². The summed E-state index contributed by atoms with van der Waals surface area (Å²) in [5.74, 6) is -0.916. The summed E-state index contributed by atoms with van der Waals surface area (Å²) in [7, 11) is 0. The second-order valence-corrected chi connectivity index (χ2v) is 9.15. The van der Waals surface area contributed by atoms with Crippen molar-refractivity contribution in [1.82, 2.24) is 4.90 Å². The van der Waals surface area contributed by atoms with Gasteiger partial charge in [-0.05, 0) is 66.6 Å². The van der Waals surface area contributed by atoms with Gasteiger partial charge in [-0.2, -0.15) is 13.2 Å². The summed E-state index contributed by atoms with van der Waals surface area (Å²) in [5.41, 5.74) is 0.856. The highest BCUT2D eigenvalue weighted by molar-refractivity contribution is 5.89. The predicted octanol–water partition coefficient (Wildman–Crippen LogP) is 6.01. The molecular weight excluding hydrogens is 560 g/mol. The van der Waals surface area contributed by atoms with Gasteiger partial charge >= 0.3 is 18.2 Å². The summed E-state index contributed by atoms with van der Waals surface area (Å²) < 4.78 is 68.4. The highest BCUT2D eigenvalue weighted by Gasteiger charge is 2.30. The molecule has 3 aromatic carbocycles. The Labute approximate surface area is 240 Å². The number of benzene rings is 3. The van der Waals surface area contributed by atoms with Crippen LogP contribution in [0, 0.1) is 5.82 Å². The van der Waals surface area contributed by atoms with Crippen molar-refractivity contribution in [2.45, 2.75) is 32.2 Å². The van der Waals surface area contributed by atoms with Crippen LogP contribution < -0.4 is 10.1 Å². The predicted molar refractivity (Wildman–Crippen MR) is 147 cm³/mol. The number of ether oxygens (including phenoxy) is 3. The third kappa shape index (κ3) is 10.7. The minimum Gasteiger partial charge on any atom is -0.492 e. The van der Waals surface area contributed by atoms with Gasteiger partial charge in [0.15, 0.2) is 6.10 Å². The molecule has 0 aliphatic heterocycles. The van der Waals surface area contributed by atoms with E-state index >= 15 is 0 Å². The van der Waals surface area contributed by atoms with Crippen LogP contribution in [0.1, 0.15) is 23.6 Å². The van der Waals surface area contributed by atoms with E-state index < -0.39 is 29.8 Å². The molecule has 1 unspecified atom stereocenters. The van der Waals surface area contributed by atoms with Crippen LogP contribution in [-0.4, -0.2) is 61.0 Å². The van der Waals surface area contributed by atoms with Crippen molar-refractivity contribution in [2.24, 2.45) is 0 Å². The lowest BCUT2D eigenvalue weighted by atomic mass is 10.1. The number of amides is 2. The Balaban J connectivity index is 1.57. The monoisotopic (exact) mass is 592 g/mol. The molecule has 0 spiro atoms. The lowest BCUT2D eigenvalue weighted by Gasteiger charge is -2.23. The molecule has 12 heteroatoms. The first-order valence-electron chi connectivity index (χ1n) is 13.2. The summed E-state index contributed by atoms with van der Waals surface area (Å²) in [5, 5.41) is 11.8. The Morgan fingerprint density at radius 2 is 1.52 bits per heavy atom. The number of alkyl halides is 3. The number of urea groups is 1. The molecule has 2 amide bonds. The van der Waals surface area contributed by atoms with E-state index in [-0.39, 0.29) is 57.4 Å². The molecule has 0 aliphatic rings. The average molecular weight is 593 g/mol. The van der Waals surface area contributed by atoms with Crippen LogP contribution in [-0.2, 0) is 33.5 Å². The number of halogens is 4. The Morgan fingerprint density at radius 3 is 2.12 bits per heavy atom. The summed E-state index contributed by atoms with van der Waals surface area (Å²) in [6.07, 6.45) is -5.25. The SMILES string of the molecule is CCOC(Cc1ccc(OCCN(CCOCc2ccc(F)cc2)C(=O)Nc2ccc(C(F)(F)F)cc2)cc1)C(=O)O. The quantitative estimate of drug-likeness (QED) is 0.166. The van der Waals surface area contributed by atoms with Crippen molar-refractivity contribution in [3.05, 3.63) is 95.3 Å². The molecule has 0 radical (unpaired) electrons. The van der Waals surface area contributed by atoms with Crippen molar-refractivity contribution < 1.29 is 46.5 Å². The van der Waals surface area contributed by atoms with Gasteiger partial charge in [-0.1, -0.05) is 24.3 Å². The van der Waals surface area contributed by atoms with E-state index in [4.69, 9.17) is 14.2 Å². The van der Waals surface area contributed by atoms with E-state index in [1.54, 1.807) is 43.3 Å². The van der Waals surface area contributed by atoms with Crippen LogP contribution in [0.5, 0.6) is 5.75 Å². The molecule has 0 aliphatic carbocycles. The number of carbonyl (C=O) groups is 2. The molecule has 42 heavy (non-hydrogen) atoms. The van der Waals surface area contributed by atoms with Crippen LogP contribution in [0.4, 0.5) is 28.0 Å². The van der Waals surface area contributed by atoms with Gasteiger partial charge in [0.1, 0.15) is 18.2 Å². The Kier molecular flexibility index (Phi) is 12.1. The Bertz CT molecular complexity index is 1270. The molecule has 3 rings (SSSR count). The average Bonchev–Trinajstić information content (AvgIpc) is 2.95. The molecule has 1 atom stereocenters. The van der Waals surface area contributed by atoms with E-state index in [1.807, 2.05) is 0 Å². The molecule has 2 N–H and O–H groups in total. The zero-order valence-electron chi connectivity index (χ0n) is 22.9. The van der Waals surface area contributed by atoms with E-state index in [0.29, 0.717) is 5.75 Å². The van der Waals surface area contributed by atoms with Gasteiger partial charge in [0.25, 0.3) is 0 Å². The van der Waals surface area contributed by atoms with Crippen LogP contribution in [0.25, 0.3) is 0 Å². The lowest BCUT2D eigenvalue weighted by Crippen LogP contribution is -2.40. The number of hydrogen-bond donors (Lipinski definition) is 2. The summed E-state index contributed by atoms with van der Waals surface area (Å²) in [6, 6.07) is 16.1. The standard InChI is InChI=1S/C30H32F4N2O6/c1-2-41-27(28(37)38)19-21-5-13-26(14-6-21)42-18-16-36(15-17-40-20-22-3-9-24(31)10-4-22)29(39)35-25-11-7-23(8-12-25)30(32,33)34/h3-14,27H,2,15-20H2,1H3,(H,35,39)(H,37,38). The minimum atomic E-state index is -4.49. The number of anilines is 1. The second kappa shape index (κ2) is 15.7. The van der Waals surface area contributed by atoms with E-state index in [9.17, 15) is 32.3 Å². The number of hydrogen-bond acceptors (Lipinski definition) is 5. The van der Waals surface area contributed by atoms with Gasteiger partial charge in [0.05, 0.1) is 25.3 Å². The van der Waals surface area contributed by atoms with Crippen LogP contribution >= 0.6 is 0 Å². The van der Waals surface area contributed by atoms with E-state index in [1.165, 1.54) is 29.2 Å². The van der Waals surface area contributed by atoms with E-state index in [2.05, 4.69) is 5.32 Å². The maximum absolute atomic E-state index is 13.1. The Morgan fingerprint density at radius 1 is 0.905 bits per heavy atom. The number of carboxylic acid groups (broad SMARTS) is 1. The molecule has 0 bridgehead atoms. The molecule has 0 aromatic heterocycles. The van der Waals surface area contributed by atoms with Gasteiger partial charge in [0.2, 0.25) is 0 Å². The Hall–Kier alpha value is -4.16. The van der Waals surface area contributed by atoms with Crippen molar-refractivity contribution in [3.8, 4) is 5.75 Å². The number of nitrogens with one attached hydrogen (secondary N) is 1. The number of carboxylic acids is 1. The number of nitrogens with zero attached hydrogens (tertiary/aromatic N) is 1. The molecule has 0 fully saturated rings. The maximum atomic E-state index is 13.1. The third-order valence-corrected chi connectivity index (χ3v) is 6.06. The van der Waals surface area contributed by atoms with Crippen molar-refractivity contribution >= 4 is 17.7 Å². The largest absolute Gasteiger partial charge is 0.492 e. The third-order valence-electron chi connectivity index (χ3n) is 6.06. The highest BCUT2D eigenvalue weighted by atomic mass is 19.4. The molecule has 0 heterocycles. The fourth-order valence-corrected chi connectivity index (χ4v) is 3.83. The smallest absolute Gasteiger partial charge is 0.416 e. The first-order chi connectivity index (χ1) is 20.0. The zero-order valence-corrected chi connectivity index (χ0v) is 22.9. The second-order valence-electron chi connectivity index (χ2n) is 9.15. The van der Waals surface area contributed by atoms with Crippen molar-refractivity contribution in [3.63, 3.8) is 0 Å². The summed E-state index contributed by atoms with van der Waals surface area (Å²) >= 11 is 0. The van der Waals surface area contributed by atoms with E-state index in [0.717, 1.165) is 23.3 Å². The molecule has 3 aromatic rings. The number of aliphatic carboxylic acids is 1. The van der Waals surface area contributed by atoms with Crippen molar-refractivity contribution in [1.29, 1.82) is 0 Å². The minimum absolute atomic E-state index is 0.0917. The van der Waals surface area contributed by atoms with Gasteiger partial charge in [-0.15, -0.1) is 0 Å². The summed E-state index contributed by atoms with van der Waals surface area (Å²) in [6.45, 7) is 2.69. The van der Waals surface area contributed by atoms with Crippen LogP contribution in [0.3, 0.4) is 0 Å². The molecular formula is C30H32F4N2O6. The fraction of sp³-hybridized carbons (Fsp3) is 0.333. The van der Waals surface area contributed by atoms with Crippen LogP contribution in [0.2, 0.25) is 0 Å². The van der Waals surface area contributed by atoms with Crippen LogP contribution in [0.15, 0.2) is 72.8 Å². The molecule has 0 saturated carbocycles. The lowest BCUT2D eigenvalue weighted by molar-refractivity contribution is -0.150.